The van der Waals surface area contributed by atoms with E-state index in [4.69, 9.17) is 15.9 Å². The minimum Gasteiger partial charge on any atom is -0.423 e. The van der Waals surface area contributed by atoms with E-state index in [0.717, 1.165) is 18.6 Å². The van der Waals surface area contributed by atoms with Gasteiger partial charge < -0.3 is 26.5 Å². The van der Waals surface area contributed by atoms with Crippen LogP contribution in [0, 0.1) is 0 Å². The van der Waals surface area contributed by atoms with Gasteiger partial charge in [0.2, 0.25) is 11.8 Å². The second-order valence-electron chi connectivity index (χ2n) is 6.80. The van der Waals surface area contributed by atoms with Gasteiger partial charge in [-0.15, -0.1) is 0 Å². The molecule has 2 atom stereocenters. The Hall–Kier alpha value is -2.92. The molecule has 1 heterocycles. The van der Waals surface area contributed by atoms with Crippen molar-refractivity contribution in [3.8, 4) is 0 Å². The molecule has 8 nitrogen and oxygen atoms in total. The van der Waals surface area contributed by atoms with Gasteiger partial charge in [-0.3, -0.25) is 9.59 Å². The van der Waals surface area contributed by atoms with Gasteiger partial charge in [0.25, 0.3) is 0 Å². The molecule has 1 aromatic carbocycles. The highest BCUT2D eigenvalue weighted by molar-refractivity contribution is 5.98. The molecule has 0 aliphatic rings. The van der Waals surface area contributed by atoms with Crippen LogP contribution < -0.4 is 27.7 Å². The van der Waals surface area contributed by atoms with Crippen molar-refractivity contribution in [1.82, 2.24) is 5.32 Å². The van der Waals surface area contributed by atoms with Crippen LogP contribution in [0.1, 0.15) is 31.7 Å². The molecule has 0 unspecified atom stereocenters. The Labute approximate surface area is 169 Å². The van der Waals surface area contributed by atoms with Gasteiger partial charge >= 0.3 is 11.8 Å². The molecule has 164 valence electrons. The number of carbonyl (C=O) groups is 2. The van der Waals surface area contributed by atoms with Crippen molar-refractivity contribution < 1.29 is 27.2 Å². The van der Waals surface area contributed by atoms with Crippen molar-refractivity contribution in [1.29, 1.82) is 0 Å². The van der Waals surface area contributed by atoms with Gasteiger partial charge in [0.15, 0.2) is 0 Å². The number of nitrogens with one attached hydrogen (secondary N) is 2. The van der Waals surface area contributed by atoms with Crippen molar-refractivity contribution in [3.05, 3.63) is 40.2 Å². The van der Waals surface area contributed by atoms with Crippen LogP contribution in [-0.2, 0) is 15.8 Å². The van der Waals surface area contributed by atoms with Crippen molar-refractivity contribution in [2.24, 2.45) is 11.5 Å². The molecule has 0 bridgehead atoms. The first-order valence-corrected chi connectivity index (χ1v) is 9.25. The van der Waals surface area contributed by atoms with Gasteiger partial charge in [0.05, 0.1) is 11.6 Å². The second-order valence-corrected chi connectivity index (χ2v) is 6.80. The fourth-order valence-corrected chi connectivity index (χ4v) is 2.75. The highest BCUT2D eigenvalue weighted by Gasteiger charge is 2.34. The Bertz CT molecular complexity index is 974. The van der Waals surface area contributed by atoms with E-state index in [1.807, 2.05) is 0 Å². The normalized spacial score (nSPS) is 13.7. The number of fused-ring (bicyclic) bond motifs is 1. The summed E-state index contributed by atoms with van der Waals surface area (Å²) in [5.74, 6) is -1.12. The maximum absolute atomic E-state index is 13.1. The van der Waals surface area contributed by atoms with Crippen LogP contribution in [0.15, 0.2) is 33.5 Å². The van der Waals surface area contributed by atoms with Gasteiger partial charge in [0.1, 0.15) is 11.6 Å². The van der Waals surface area contributed by atoms with Crippen LogP contribution in [0.5, 0.6) is 0 Å². The summed E-state index contributed by atoms with van der Waals surface area (Å²) in [4.78, 5) is 35.8. The lowest BCUT2D eigenvalue weighted by Gasteiger charge is -2.17. The molecular formula is C19H23F3N4O4. The van der Waals surface area contributed by atoms with Crippen LogP contribution in [-0.4, -0.2) is 30.4 Å². The molecule has 1 aromatic heterocycles. The molecule has 0 radical (unpaired) electrons. The monoisotopic (exact) mass is 428 g/mol. The first-order valence-electron chi connectivity index (χ1n) is 9.25. The van der Waals surface area contributed by atoms with Gasteiger partial charge in [-0.25, -0.2) is 4.79 Å². The molecule has 30 heavy (non-hydrogen) atoms. The predicted molar refractivity (Wildman–Crippen MR) is 105 cm³/mol. The standard InChI is InChI=1S/C19H23F3N4O4/c1-10(25-18(29)14(24)4-2-3-7-23)17(28)26-11-5-6-12-13(19(20,21)22)9-16(27)30-15(12)8-11/h5-6,8-10,14H,2-4,7,23-24H2,1H3,(H,25,29)(H,26,28)/t10-,14-/m0/s1. The first kappa shape index (κ1) is 23.4. The van der Waals surface area contributed by atoms with Crippen molar-refractivity contribution in [2.45, 2.75) is 44.4 Å². The van der Waals surface area contributed by atoms with Crippen LogP contribution >= 0.6 is 0 Å². The topological polar surface area (TPSA) is 140 Å². The van der Waals surface area contributed by atoms with E-state index in [9.17, 15) is 27.6 Å². The summed E-state index contributed by atoms with van der Waals surface area (Å²) in [6.45, 7) is 1.92. The third-order valence-electron chi connectivity index (χ3n) is 4.38. The highest BCUT2D eigenvalue weighted by Crippen LogP contribution is 2.34. The number of nitrogens with two attached hydrogens (primary N) is 2. The number of carbonyl (C=O) groups excluding carboxylic acids is 2. The smallest absolute Gasteiger partial charge is 0.417 e. The quantitative estimate of drug-likeness (QED) is 0.373. The number of alkyl halides is 3. The summed E-state index contributed by atoms with van der Waals surface area (Å²) >= 11 is 0. The molecule has 2 rings (SSSR count). The lowest BCUT2D eigenvalue weighted by atomic mass is 10.1. The molecular weight excluding hydrogens is 405 g/mol. The van der Waals surface area contributed by atoms with E-state index in [-0.39, 0.29) is 16.7 Å². The molecule has 0 saturated heterocycles. The Morgan fingerprint density at radius 1 is 1.17 bits per heavy atom. The maximum atomic E-state index is 13.1. The number of anilines is 1. The van der Waals surface area contributed by atoms with Gasteiger partial charge in [-0.1, -0.05) is 6.42 Å². The number of unbranched alkanes of at least 4 members (excludes halogenated alkanes) is 1. The zero-order valence-electron chi connectivity index (χ0n) is 16.2. The SMILES string of the molecule is C[C@H](NC(=O)[C@@H](N)CCCCN)C(=O)Nc1ccc2c(C(F)(F)F)cc(=O)oc2c1. The number of hydrogen-bond acceptors (Lipinski definition) is 6. The van der Waals surface area contributed by atoms with E-state index < -0.39 is 41.3 Å². The summed E-state index contributed by atoms with van der Waals surface area (Å²) < 4.78 is 44.1. The predicted octanol–water partition coefficient (Wildman–Crippen LogP) is 1.71. The van der Waals surface area contributed by atoms with E-state index in [1.165, 1.54) is 13.0 Å². The maximum Gasteiger partial charge on any atom is 0.417 e. The Morgan fingerprint density at radius 3 is 2.50 bits per heavy atom. The van der Waals surface area contributed by atoms with Crippen molar-refractivity contribution in [2.75, 3.05) is 11.9 Å². The highest BCUT2D eigenvalue weighted by atomic mass is 19.4. The van der Waals surface area contributed by atoms with Crippen LogP contribution in [0.3, 0.4) is 0 Å². The second kappa shape index (κ2) is 9.72. The minimum absolute atomic E-state index is 0.100. The lowest BCUT2D eigenvalue weighted by molar-refractivity contribution is -0.136. The molecule has 6 N–H and O–H groups in total. The Balaban J connectivity index is 2.09. The molecule has 0 spiro atoms. The summed E-state index contributed by atoms with van der Waals surface area (Å²) in [5.41, 5.74) is 8.63. The van der Waals surface area contributed by atoms with Crippen molar-refractivity contribution in [3.63, 3.8) is 0 Å². The van der Waals surface area contributed by atoms with Gasteiger partial charge in [0, 0.05) is 23.2 Å². The largest absolute Gasteiger partial charge is 0.423 e. The van der Waals surface area contributed by atoms with Gasteiger partial charge in [-0.2, -0.15) is 13.2 Å². The lowest BCUT2D eigenvalue weighted by Crippen LogP contribution is -2.48. The van der Waals surface area contributed by atoms with Crippen molar-refractivity contribution >= 4 is 28.5 Å². The summed E-state index contributed by atoms with van der Waals surface area (Å²) in [6, 6.07) is 2.06. The zero-order valence-corrected chi connectivity index (χ0v) is 16.2. The van der Waals surface area contributed by atoms with E-state index in [1.54, 1.807) is 0 Å². The third kappa shape index (κ3) is 6.04. The average molecular weight is 428 g/mol. The molecule has 2 aromatic rings. The molecule has 11 heteroatoms. The fourth-order valence-electron chi connectivity index (χ4n) is 2.75. The number of hydrogen-bond donors (Lipinski definition) is 4. The molecule has 0 saturated carbocycles. The summed E-state index contributed by atoms with van der Waals surface area (Å²) in [5, 5.41) is 4.61. The summed E-state index contributed by atoms with van der Waals surface area (Å²) in [7, 11) is 0. The zero-order chi connectivity index (χ0) is 22.5. The molecule has 0 fully saturated rings. The van der Waals surface area contributed by atoms with Crippen LogP contribution in [0.4, 0.5) is 18.9 Å². The molecule has 2 amide bonds. The Morgan fingerprint density at radius 2 is 1.87 bits per heavy atom. The average Bonchev–Trinajstić information content (AvgIpc) is 2.66. The number of amides is 2. The molecule has 0 aliphatic carbocycles. The summed E-state index contributed by atoms with van der Waals surface area (Å²) in [6.07, 6.45) is -2.91. The number of rotatable bonds is 8. The van der Waals surface area contributed by atoms with E-state index in [2.05, 4.69) is 10.6 Å². The van der Waals surface area contributed by atoms with Crippen LogP contribution in [0.2, 0.25) is 0 Å². The first-order chi connectivity index (χ1) is 14.0. The fraction of sp³-hybridized carbons (Fsp3) is 0.421. The molecule has 0 aliphatic heterocycles. The van der Waals surface area contributed by atoms with E-state index in [0.29, 0.717) is 25.5 Å². The Kier molecular flexibility index (Phi) is 7.57. The number of benzene rings is 1. The van der Waals surface area contributed by atoms with E-state index >= 15 is 0 Å². The van der Waals surface area contributed by atoms with Crippen LogP contribution in [0.25, 0.3) is 11.0 Å². The minimum atomic E-state index is -4.74. The number of halogens is 3. The third-order valence-corrected chi connectivity index (χ3v) is 4.38. The van der Waals surface area contributed by atoms with Gasteiger partial charge in [-0.05, 0) is 38.4 Å².